The van der Waals surface area contributed by atoms with Crippen LogP contribution in [0.2, 0.25) is 0 Å². The Morgan fingerprint density at radius 3 is 1.78 bits per heavy atom. The molecule has 106 valence electrons. The lowest BCUT2D eigenvalue weighted by molar-refractivity contribution is -0.132. The highest BCUT2D eigenvalue weighted by Crippen LogP contribution is 2.10. The lowest BCUT2D eigenvalue weighted by Gasteiger charge is -2.17. The van der Waals surface area contributed by atoms with E-state index < -0.39 is 11.9 Å². The largest absolute Gasteiger partial charge is 0.478 e. The number of carboxylic acid groups (broad SMARTS) is 1. The molecule has 0 aromatic carbocycles. The van der Waals surface area contributed by atoms with Crippen molar-refractivity contribution in [2.45, 2.75) is 20.3 Å². The Morgan fingerprint density at radius 2 is 1.72 bits per heavy atom. The number of rotatable bonds is 4. The smallest absolute Gasteiger partial charge is 0.333 e. The van der Waals surface area contributed by atoms with Gasteiger partial charge in [-0.25, -0.2) is 4.79 Å². The van der Waals surface area contributed by atoms with Gasteiger partial charge in [0.25, 0.3) is 0 Å². The fourth-order valence-electron chi connectivity index (χ4n) is 1.04. The van der Waals surface area contributed by atoms with E-state index in [0.29, 0.717) is 5.57 Å². The summed E-state index contributed by atoms with van der Waals surface area (Å²) in [6, 6.07) is 0. The maximum atomic E-state index is 10.5. The van der Waals surface area contributed by atoms with E-state index in [0.717, 1.165) is 18.2 Å². The molecule has 18 heavy (non-hydrogen) atoms. The first-order valence-corrected chi connectivity index (χ1v) is 5.93. The Hall–Kier alpha value is -1.49. The molecule has 0 rings (SSSR count). The molecule has 3 N–H and O–H groups in total. The number of nitrogens with two attached hydrogens (primary N) is 1. The maximum Gasteiger partial charge on any atom is 0.333 e. The number of primary amides is 1. The molecule has 0 bridgehead atoms. The summed E-state index contributed by atoms with van der Waals surface area (Å²) in [5, 5.41) is 8.65. The van der Waals surface area contributed by atoms with Crippen molar-refractivity contribution in [3.05, 3.63) is 23.9 Å². The van der Waals surface area contributed by atoms with E-state index in [9.17, 15) is 9.59 Å². The predicted octanol–water partition coefficient (Wildman–Crippen LogP) is 1.83. The van der Waals surface area contributed by atoms with Crippen molar-refractivity contribution < 1.29 is 14.7 Å². The summed E-state index contributed by atoms with van der Waals surface area (Å²) in [5.41, 5.74) is 5.84. The molecule has 0 saturated heterocycles. The van der Waals surface area contributed by atoms with E-state index in [2.05, 4.69) is 23.9 Å². The van der Waals surface area contributed by atoms with Gasteiger partial charge in [0.1, 0.15) is 0 Å². The molecule has 0 unspecified atom stereocenters. The Balaban J connectivity index is -0.000000270. The number of hydrogen-bond acceptors (Lipinski definition) is 3. The molecule has 0 saturated carbocycles. The average Bonchev–Trinajstić information content (AvgIpc) is 2.32. The summed E-state index contributed by atoms with van der Waals surface area (Å²) in [5.74, 6) is -1.32. The van der Waals surface area contributed by atoms with Crippen molar-refractivity contribution >= 4 is 23.5 Å². The first-order chi connectivity index (χ1) is 8.27. The zero-order valence-electron chi connectivity index (χ0n) is 11.7. The number of hydrogen-bond donors (Lipinski definition) is 2. The van der Waals surface area contributed by atoms with Crippen molar-refractivity contribution in [1.82, 2.24) is 4.90 Å². The molecule has 0 radical (unpaired) electrons. The quantitative estimate of drug-likeness (QED) is 0.607. The fourth-order valence-corrected chi connectivity index (χ4v) is 1.04. The molecule has 0 heterocycles. The number of carbonyl (C=O) groups excluding carboxylic acids is 1. The van der Waals surface area contributed by atoms with E-state index >= 15 is 0 Å². The fraction of sp³-hybridized carbons (Fsp3) is 0.500. The highest BCUT2D eigenvalue weighted by Gasteiger charge is 2.08. The van der Waals surface area contributed by atoms with Crippen LogP contribution in [0.4, 0.5) is 0 Å². The summed E-state index contributed by atoms with van der Waals surface area (Å²) >= 11 is 4.64. The van der Waals surface area contributed by atoms with E-state index in [-0.39, 0.29) is 0 Å². The van der Waals surface area contributed by atoms with Gasteiger partial charge in [-0.1, -0.05) is 13.5 Å². The van der Waals surface area contributed by atoms with E-state index in [1.165, 1.54) is 6.38 Å². The lowest BCUT2D eigenvalue weighted by Crippen LogP contribution is -2.15. The van der Waals surface area contributed by atoms with Gasteiger partial charge in [-0.2, -0.15) is 0 Å². The Kier molecular flexibility index (Phi) is 16.4. The Morgan fingerprint density at radius 1 is 1.39 bits per heavy atom. The zero-order valence-corrected chi connectivity index (χ0v) is 12.4. The van der Waals surface area contributed by atoms with Crippen LogP contribution in [0.5, 0.6) is 0 Å². The minimum absolute atomic E-state index is 0.428. The van der Waals surface area contributed by atoms with E-state index in [1.54, 1.807) is 6.92 Å². The van der Waals surface area contributed by atoms with Crippen LogP contribution in [0.25, 0.3) is 0 Å². The topological polar surface area (TPSA) is 83.6 Å². The van der Waals surface area contributed by atoms with Gasteiger partial charge in [0.05, 0.1) is 5.57 Å². The maximum absolute atomic E-state index is 10.5. The number of allylic oxidation sites excluding steroid dienone is 1. The van der Waals surface area contributed by atoms with E-state index in [4.69, 9.17) is 5.11 Å². The second-order valence-electron chi connectivity index (χ2n) is 3.23. The van der Waals surface area contributed by atoms with Crippen molar-refractivity contribution in [3.8, 4) is 0 Å². The van der Waals surface area contributed by atoms with Crippen LogP contribution in [0.3, 0.4) is 0 Å². The molecule has 0 aromatic heterocycles. The molecule has 0 aliphatic carbocycles. The molecule has 0 aromatic rings. The molecule has 5 nitrogen and oxygen atoms in total. The number of nitrogens with zero attached hydrogens (tertiary/aromatic N) is 1. The molecular weight excluding hydrogens is 256 g/mol. The normalized spacial score (nSPS) is 9.67. The van der Waals surface area contributed by atoms with Crippen LogP contribution in [-0.4, -0.2) is 42.4 Å². The van der Waals surface area contributed by atoms with Gasteiger partial charge in [-0.05, 0) is 19.4 Å². The van der Waals surface area contributed by atoms with Gasteiger partial charge in [0.2, 0.25) is 5.91 Å². The van der Waals surface area contributed by atoms with Crippen LogP contribution in [-0.2, 0) is 9.59 Å². The molecule has 0 fully saturated rings. The number of aliphatic carboxylic acids is 1. The molecule has 0 atom stereocenters. The van der Waals surface area contributed by atoms with Crippen molar-refractivity contribution in [2.75, 3.05) is 20.5 Å². The number of carboxylic acids is 1. The van der Waals surface area contributed by atoms with Crippen LogP contribution < -0.4 is 5.73 Å². The number of halogens is 1. The minimum atomic E-state index is -0.837. The minimum Gasteiger partial charge on any atom is -0.478 e. The number of alkyl halides is 1. The first kappa shape index (κ1) is 21.8. The standard InChI is InChI=1S/C8H15NO2.C3H5NO.CH3Cl/c1-5-7(9(3)4)6(2)8(10)11;1-2-3(4)5;1-2/h5H2,1-4H3,(H,10,11);2H,1H2,(H2,4,5);1H3/b7-6+;;. The second-order valence-corrected chi connectivity index (χ2v) is 3.23. The lowest BCUT2D eigenvalue weighted by atomic mass is 10.2. The van der Waals surface area contributed by atoms with Crippen LogP contribution in [0.15, 0.2) is 23.9 Å². The van der Waals surface area contributed by atoms with Crippen molar-refractivity contribution in [3.63, 3.8) is 0 Å². The summed E-state index contributed by atoms with van der Waals surface area (Å²) < 4.78 is 0. The average molecular weight is 279 g/mol. The summed E-state index contributed by atoms with van der Waals surface area (Å²) in [7, 11) is 3.70. The Bertz CT molecular complexity index is 300. The first-order valence-electron chi connectivity index (χ1n) is 5.17. The number of carbonyl (C=O) groups is 2. The van der Waals surface area contributed by atoms with E-state index in [1.807, 2.05) is 25.9 Å². The third-order valence-corrected chi connectivity index (χ3v) is 1.83. The molecule has 6 heteroatoms. The van der Waals surface area contributed by atoms with Crippen LogP contribution in [0.1, 0.15) is 20.3 Å². The van der Waals surface area contributed by atoms with Gasteiger partial charge in [0, 0.05) is 26.2 Å². The Labute approximate surface area is 114 Å². The van der Waals surface area contributed by atoms with Gasteiger partial charge < -0.3 is 15.7 Å². The molecule has 0 aliphatic rings. The van der Waals surface area contributed by atoms with Crippen LogP contribution in [0, 0.1) is 0 Å². The molecule has 0 aliphatic heterocycles. The molecule has 1 amide bonds. The highest BCUT2D eigenvalue weighted by molar-refractivity contribution is 6.15. The third-order valence-electron chi connectivity index (χ3n) is 1.83. The second kappa shape index (κ2) is 13.6. The molecule has 0 spiro atoms. The summed E-state index contributed by atoms with van der Waals surface area (Å²) in [4.78, 5) is 21.8. The SMILES string of the molecule is C=CC(N)=O.CC/C(=C(/C)C(=O)O)N(C)C.CCl. The van der Waals surface area contributed by atoms with Crippen molar-refractivity contribution in [1.29, 1.82) is 0 Å². The monoisotopic (exact) mass is 278 g/mol. The number of amides is 1. The summed E-state index contributed by atoms with van der Waals surface area (Å²) in [6.45, 7) is 6.66. The van der Waals surface area contributed by atoms with Crippen molar-refractivity contribution in [2.24, 2.45) is 5.73 Å². The van der Waals surface area contributed by atoms with Gasteiger partial charge >= 0.3 is 5.97 Å². The third kappa shape index (κ3) is 12.6. The van der Waals surface area contributed by atoms with Gasteiger partial charge in [-0.3, -0.25) is 4.79 Å². The van der Waals surface area contributed by atoms with Crippen LogP contribution >= 0.6 is 11.6 Å². The van der Waals surface area contributed by atoms with Gasteiger partial charge in [0.15, 0.2) is 0 Å². The summed E-state index contributed by atoms with van der Waals surface area (Å²) in [6.07, 6.45) is 3.28. The predicted molar refractivity (Wildman–Crippen MR) is 75.5 cm³/mol. The van der Waals surface area contributed by atoms with Gasteiger partial charge in [-0.15, -0.1) is 11.6 Å². The zero-order chi connectivity index (χ0) is 15.3. The molecular formula is C12H23ClN2O3. The highest BCUT2D eigenvalue weighted by atomic mass is 35.5.